The highest BCUT2D eigenvalue weighted by Gasteiger charge is 2.00. The maximum Gasteiger partial charge on any atom is 0.193 e. The van der Waals surface area contributed by atoms with E-state index in [9.17, 15) is 0 Å². The predicted molar refractivity (Wildman–Crippen MR) is 88.4 cm³/mol. The molecule has 0 saturated heterocycles. The third-order valence-electron chi connectivity index (χ3n) is 3.18. The monoisotopic (exact) mass is 276 g/mol. The van der Waals surface area contributed by atoms with Gasteiger partial charge in [0.05, 0.1) is 6.54 Å². The summed E-state index contributed by atoms with van der Waals surface area (Å²) < 4.78 is 0. The molecule has 0 fully saturated rings. The minimum absolute atomic E-state index is 0.488. The van der Waals surface area contributed by atoms with E-state index in [4.69, 9.17) is 5.73 Å². The van der Waals surface area contributed by atoms with Gasteiger partial charge in [-0.3, -0.25) is 4.99 Å². The van der Waals surface area contributed by atoms with Crippen molar-refractivity contribution in [2.45, 2.75) is 34.1 Å². The minimum Gasteiger partial charge on any atom is -0.370 e. The van der Waals surface area contributed by atoms with Gasteiger partial charge in [-0.05, 0) is 56.6 Å². The van der Waals surface area contributed by atoms with Crippen LogP contribution in [0.25, 0.3) is 0 Å². The van der Waals surface area contributed by atoms with Crippen LogP contribution in [0.1, 0.15) is 31.4 Å². The lowest BCUT2D eigenvalue weighted by Gasteiger charge is -2.18. The Balaban J connectivity index is 2.48. The second-order valence-corrected chi connectivity index (χ2v) is 5.20. The quantitative estimate of drug-likeness (QED) is 0.595. The zero-order valence-electron chi connectivity index (χ0n) is 13.2. The van der Waals surface area contributed by atoms with E-state index in [0.717, 1.165) is 31.9 Å². The second kappa shape index (κ2) is 8.59. The summed E-state index contributed by atoms with van der Waals surface area (Å²) in [7, 11) is 0. The van der Waals surface area contributed by atoms with Gasteiger partial charge in [-0.25, -0.2) is 0 Å². The van der Waals surface area contributed by atoms with Crippen molar-refractivity contribution < 1.29 is 0 Å². The molecule has 1 aromatic carbocycles. The minimum atomic E-state index is 0.488. The standard InChI is InChI=1S/C16H28N4/c1-5-8-20(6-2)9-7-18-16(17)19-15-11-13(3)10-14(4)12-15/h10-12H,5-9H2,1-4H3,(H3,17,18,19). The van der Waals surface area contributed by atoms with Crippen LogP contribution in [0.3, 0.4) is 0 Å². The first kappa shape index (κ1) is 16.5. The molecule has 0 heterocycles. The maximum atomic E-state index is 5.93. The molecule has 4 heteroatoms. The number of nitrogens with two attached hydrogens (primary N) is 1. The fraction of sp³-hybridized carbons (Fsp3) is 0.562. The topological polar surface area (TPSA) is 53.6 Å². The van der Waals surface area contributed by atoms with Gasteiger partial charge in [0.2, 0.25) is 0 Å². The molecule has 0 atom stereocenters. The van der Waals surface area contributed by atoms with Crippen molar-refractivity contribution in [2.75, 3.05) is 31.5 Å². The second-order valence-electron chi connectivity index (χ2n) is 5.20. The van der Waals surface area contributed by atoms with Gasteiger partial charge in [0.25, 0.3) is 0 Å². The molecule has 0 amide bonds. The number of hydrogen-bond acceptors (Lipinski definition) is 2. The molecule has 3 N–H and O–H groups in total. The lowest BCUT2D eigenvalue weighted by molar-refractivity contribution is 0.297. The van der Waals surface area contributed by atoms with Crippen molar-refractivity contribution in [1.82, 2.24) is 4.90 Å². The average Bonchev–Trinajstić information content (AvgIpc) is 2.36. The van der Waals surface area contributed by atoms with Crippen molar-refractivity contribution in [3.05, 3.63) is 29.3 Å². The summed E-state index contributed by atoms with van der Waals surface area (Å²) in [5.41, 5.74) is 9.38. The van der Waals surface area contributed by atoms with E-state index >= 15 is 0 Å². The average molecular weight is 276 g/mol. The number of guanidine groups is 1. The van der Waals surface area contributed by atoms with E-state index in [1.165, 1.54) is 17.5 Å². The fourth-order valence-electron chi connectivity index (χ4n) is 2.29. The number of anilines is 1. The SMILES string of the molecule is CCCN(CC)CCN=C(N)Nc1cc(C)cc(C)c1. The predicted octanol–water partition coefficient (Wildman–Crippen LogP) is 2.76. The Bertz CT molecular complexity index is 420. The number of benzene rings is 1. The van der Waals surface area contributed by atoms with E-state index in [2.05, 4.69) is 61.1 Å². The molecule has 1 rings (SSSR count). The Labute approximate surface area is 123 Å². The van der Waals surface area contributed by atoms with E-state index in [-0.39, 0.29) is 0 Å². The highest BCUT2D eigenvalue weighted by molar-refractivity contribution is 5.92. The lowest BCUT2D eigenvalue weighted by Crippen LogP contribution is -2.29. The first-order valence-electron chi connectivity index (χ1n) is 7.42. The Morgan fingerprint density at radius 3 is 2.35 bits per heavy atom. The van der Waals surface area contributed by atoms with Crippen molar-refractivity contribution in [2.24, 2.45) is 10.7 Å². The number of aliphatic imine (C=N–C) groups is 1. The van der Waals surface area contributed by atoms with Crippen LogP contribution in [-0.2, 0) is 0 Å². The highest BCUT2D eigenvalue weighted by atomic mass is 15.1. The normalized spacial score (nSPS) is 11.9. The molecule has 112 valence electrons. The van der Waals surface area contributed by atoms with Gasteiger partial charge >= 0.3 is 0 Å². The van der Waals surface area contributed by atoms with E-state index < -0.39 is 0 Å². The van der Waals surface area contributed by atoms with Gasteiger partial charge in [0, 0.05) is 12.2 Å². The highest BCUT2D eigenvalue weighted by Crippen LogP contribution is 2.13. The van der Waals surface area contributed by atoms with E-state index in [1.807, 2.05) is 0 Å². The van der Waals surface area contributed by atoms with Crippen LogP contribution < -0.4 is 11.1 Å². The van der Waals surface area contributed by atoms with Crippen LogP contribution in [0.4, 0.5) is 5.69 Å². The third kappa shape index (κ3) is 6.06. The molecule has 0 bridgehead atoms. The van der Waals surface area contributed by atoms with Crippen LogP contribution in [0.15, 0.2) is 23.2 Å². The van der Waals surface area contributed by atoms with Gasteiger partial charge in [-0.15, -0.1) is 0 Å². The molecular weight excluding hydrogens is 248 g/mol. The van der Waals surface area contributed by atoms with Gasteiger partial charge in [0.15, 0.2) is 5.96 Å². The molecule has 0 unspecified atom stereocenters. The van der Waals surface area contributed by atoms with Gasteiger partial charge in [0.1, 0.15) is 0 Å². The van der Waals surface area contributed by atoms with Crippen molar-refractivity contribution in [1.29, 1.82) is 0 Å². The van der Waals surface area contributed by atoms with Crippen molar-refractivity contribution >= 4 is 11.6 Å². The van der Waals surface area contributed by atoms with E-state index in [1.54, 1.807) is 0 Å². The Kier molecular flexibility index (Phi) is 7.09. The molecule has 4 nitrogen and oxygen atoms in total. The molecule has 0 aliphatic rings. The summed E-state index contributed by atoms with van der Waals surface area (Å²) in [6, 6.07) is 6.29. The zero-order valence-corrected chi connectivity index (χ0v) is 13.2. The van der Waals surface area contributed by atoms with Gasteiger partial charge in [-0.2, -0.15) is 0 Å². The van der Waals surface area contributed by atoms with Crippen LogP contribution >= 0.6 is 0 Å². The first-order chi connectivity index (χ1) is 9.55. The largest absolute Gasteiger partial charge is 0.370 e. The number of aryl methyl sites for hydroxylation is 2. The van der Waals surface area contributed by atoms with Gasteiger partial charge < -0.3 is 16.0 Å². The van der Waals surface area contributed by atoms with Gasteiger partial charge in [-0.1, -0.05) is 19.9 Å². The number of hydrogen-bond donors (Lipinski definition) is 2. The smallest absolute Gasteiger partial charge is 0.193 e. The summed E-state index contributed by atoms with van der Waals surface area (Å²) in [5, 5.41) is 3.16. The maximum absolute atomic E-state index is 5.93. The Morgan fingerprint density at radius 1 is 1.15 bits per heavy atom. The molecule has 0 aliphatic carbocycles. The Morgan fingerprint density at radius 2 is 1.80 bits per heavy atom. The van der Waals surface area contributed by atoms with Crippen molar-refractivity contribution in [3.8, 4) is 0 Å². The number of nitrogens with one attached hydrogen (secondary N) is 1. The zero-order chi connectivity index (χ0) is 15.0. The molecule has 20 heavy (non-hydrogen) atoms. The summed E-state index contributed by atoms with van der Waals surface area (Å²) in [5.74, 6) is 0.488. The van der Waals surface area contributed by atoms with Crippen LogP contribution in [-0.4, -0.2) is 37.0 Å². The summed E-state index contributed by atoms with van der Waals surface area (Å²) in [6.45, 7) is 12.4. The Hall–Kier alpha value is -1.55. The lowest BCUT2D eigenvalue weighted by atomic mass is 10.1. The molecule has 0 saturated carbocycles. The first-order valence-corrected chi connectivity index (χ1v) is 7.42. The fourth-order valence-corrected chi connectivity index (χ4v) is 2.29. The van der Waals surface area contributed by atoms with Crippen molar-refractivity contribution in [3.63, 3.8) is 0 Å². The summed E-state index contributed by atoms with van der Waals surface area (Å²) in [4.78, 5) is 6.77. The molecule has 0 radical (unpaired) electrons. The molecule has 0 aliphatic heterocycles. The summed E-state index contributed by atoms with van der Waals surface area (Å²) >= 11 is 0. The van der Waals surface area contributed by atoms with Crippen LogP contribution in [0, 0.1) is 13.8 Å². The summed E-state index contributed by atoms with van der Waals surface area (Å²) in [6.07, 6.45) is 1.17. The third-order valence-corrected chi connectivity index (χ3v) is 3.18. The molecular formula is C16H28N4. The molecule has 1 aromatic rings. The van der Waals surface area contributed by atoms with Crippen LogP contribution in [0.2, 0.25) is 0 Å². The van der Waals surface area contributed by atoms with Crippen LogP contribution in [0.5, 0.6) is 0 Å². The number of likely N-dealkylation sites (N-methyl/N-ethyl adjacent to an activating group) is 1. The number of nitrogens with zero attached hydrogens (tertiary/aromatic N) is 2. The number of rotatable bonds is 7. The molecule has 0 aromatic heterocycles. The van der Waals surface area contributed by atoms with E-state index in [0.29, 0.717) is 5.96 Å². The molecule has 0 spiro atoms.